The maximum Gasteiger partial charge on any atom is 0.369 e. The van der Waals surface area contributed by atoms with E-state index in [1.165, 1.54) is 13.8 Å². The van der Waals surface area contributed by atoms with Gasteiger partial charge in [-0.25, -0.2) is 9.68 Å². The zero-order chi connectivity index (χ0) is 21.0. The number of nitrogens with zero attached hydrogens (tertiary/aromatic N) is 2. The first-order valence-electron chi connectivity index (χ1n) is 7.66. The van der Waals surface area contributed by atoms with Crippen LogP contribution in [0.3, 0.4) is 0 Å². The minimum absolute atomic E-state index is 0.0229. The van der Waals surface area contributed by atoms with Crippen molar-refractivity contribution in [2.24, 2.45) is 0 Å². The van der Waals surface area contributed by atoms with Crippen molar-refractivity contribution in [1.29, 1.82) is 0 Å². The molecule has 0 spiro atoms. The van der Waals surface area contributed by atoms with Crippen LogP contribution in [0.5, 0.6) is 0 Å². The summed E-state index contributed by atoms with van der Waals surface area (Å²) in [6.07, 6.45) is 1.08. The van der Waals surface area contributed by atoms with Crippen LogP contribution in [0.1, 0.15) is 13.8 Å². The van der Waals surface area contributed by atoms with E-state index in [1.807, 2.05) is 0 Å². The lowest BCUT2D eigenvalue weighted by molar-refractivity contribution is -0.248. The number of carbonyl (C=O) groups is 5. The zero-order valence-corrected chi connectivity index (χ0v) is 14.9. The van der Waals surface area contributed by atoms with E-state index in [0.717, 1.165) is 15.9 Å². The van der Waals surface area contributed by atoms with Gasteiger partial charge >= 0.3 is 23.9 Å². The Bertz CT molecular complexity index is 585. The highest BCUT2D eigenvalue weighted by Crippen LogP contribution is 2.00. The first kappa shape index (κ1) is 24.0. The average Bonchev–Trinajstić information content (AvgIpc) is 2.48. The second-order valence-corrected chi connectivity index (χ2v) is 5.51. The van der Waals surface area contributed by atoms with Crippen LogP contribution in [0, 0.1) is 0 Å². The summed E-state index contributed by atoms with van der Waals surface area (Å²) < 4.78 is 0. The highest BCUT2D eigenvalue weighted by atomic mass is 17.2. The monoisotopic (exact) mass is 390 g/mol. The number of aliphatic carboxylic acids is 3. The Morgan fingerprint density at radius 1 is 0.741 bits per heavy atom. The first-order valence-corrected chi connectivity index (χ1v) is 7.66. The zero-order valence-electron chi connectivity index (χ0n) is 14.9. The predicted octanol–water partition coefficient (Wildman–Crippen LogP) is -1.19. The van der Waals surface area contributed by atoms with Crippen LogP contribution in [0.4, 0.5) is 0 Å². The molecule has 12 heteroatoms. The summed E-state index contributed by atoms with van der Waals surface area (Å²) in [6.45, 7) is 0.237. The third-order valence-electron chi connectivity index (χ3n) is 2.83. The van der Waals surface area contributed by atoms with Gasteiger partial charge in [-0.05, 0) is 13.8 Å². The fraction of sp³-hybridized carbons (Fsp3) is 0.533. The van der Waals surface area contributed by atoms with E-state index < -0.39 is 50.1 Å². The second kappa shape index (κ2) is 12.4. The van der Waals surface area contributed by atoms with Gasteiger partial charge in [-0.1, -0.05) is 0 Å². The molecule has 0 heterocycles. The highest BCUT2D eigenvalue weighted by molar-refractivity contribution is 5.87. The van der Waals surface area contributed by atoms with Crippen LogP contribution in [0.2, 0.25) is 0 Å². The quantitative estimate of drug-likeness (QED) is 0.140. The molecule has 0 bridgehead atoms. The van der Waals surface area contributed by atoms with Crippen molar-refractivity contribution >= 4 is 29.7 Å². The van der Waals surface area contributed by atoms with Crippen LogP contribution < -0.4 is 0 Å². The molecule has 0 fully saturated rings. The lowest BCUT2D eigenvalue weighted by Gasteiger charge is -2.23. The van der Waals surface area contributed by atoms with E-state index in [0.29, 0.717) is 0 Å². The van der Waals surface area contributed by atoms with Crippen LogP contribution >= 0.6 is 0 Å². The Balaban J connectivity index is 4.74. The van der Waals surface area contributed by atoms with Crippen molar-refractivity contribution < 1.29 is 49.1 Å². The molecule has 0 aliphatic carbocycles. The minimum atomic E-state index is -1.25. The Hall–Kier alpha value is -2.99. The average molecular weight is 390 g/mol. The van der Waals surface area contributed by atoms with Gasteiger partial charge in [0.25, 0.3) is 0 Å². The Morgan fingerprint density at radius 3 is 1.52 bits per heavy atom. The van der Waals surface area contributed by atoms with E-state index in [9.17, 15) is 24.0 Å². The summed E-state index contributed by atoms with van der Waals surface area (Å²) in [4.78, 5) is 66.2. The van der Waals surface area contributed by atoms with Crippen molar-refractivity contribution in [3.8, 4) is 0 Å². The molecule has 27 heavy (non-hydrogen) atoms. The smallest absolute Gasteiger partial charge is 0.369 e. The maximum atomic E-state index is 11.7. The van der Waals surface area contributed by atoms with Gasteiger partial charge in [0.1, 0.15) is 6.54 Å². The van der Waals surface area contributed by atoms with Gasteiger partial charge in [0.05, 0.1) is 19.6 Å². The molecule has 3 N–H and O–H groups in total. The number of ketones is 1. The van der Waals surface area contributed by atoms with Gasteiger partial charge in [0.2, 0.25) is 0 Å². The SMILES string of the molecule is CC(=O)/C=C(\C)OOC(=O)CN(CCN(CC(=O)O)CC(=O)O)CC(=O)O. The Kier molecular flexibility index (Phi) is 11.0. The standard InChI is InChI=1S/C15H22N2O10/c1-10(18)5-11(2)26-27-15(25)9-17(8-14(23)24)4-3-16(6-12(19)20)7-13(21)22/h5H,3-4,6-9H2,1-2H3,(H,19,20)(H,21,22)(H,23,24)/b11-5+. The minimum Gasteiger partial charge on any atom is -0.480 e. The molecule has 0 aliphatic heterocycles. The number of hydrogen-bond acceptors (Lipinski definition) is 9. The predicted molar refractivity (Wildman–Crippen MR) is 87.4 cm³/mol. The molecule has 0 atom stereocenters. The molecular formula is C15H22N2O10. The summed E-state index contributed by atoms with van der Waals surface area (Å²) >= 11 is 0. The number of rotatable bonds is 14. The molecule has 152 valence electrons. The molecule has 0 saturated carbocycles. The van der Waals surface area contributed by atoms with Gasteiger partial charge in [0.15, 0.2) is 11.5 Å². The molecule has 0 aromatic carbocycles. The van der Waals surface area contributed by atoms with Gasteiger partial charge in [-0.3, -0.25) is 33.9 Å². The van der Waals surface area contributed by atoms with Crippen molar-refractivity contribution in [2.45, 2.75) is 13.8 Å². The van der Waals surface area contributed by atoms with E-state index in [4.69, 9.17) is 15.3 Å². The number of carbonyl (C=O) groups excluding carboxylic acids is 2. The molecule has 0 saturated heterocycles. The lowest BCUT2D eigenvalue weighted by atomic mass is 10.4. The third kappa shape index (κ3) is 13.9. The molecular weight excluding hydrogens is 368 g/mol. The van der Waals surface area contributed by atoms with Crippen molar-refractivity contribution in [1.82, 2.24) is 9.80 Å². The summed E-state index contributed by atoms with van der Waals surface area (Å²) in [5, 5.41) is 26.4. The molecule has 0 aromatic heterocycles. The Morgan fingerprint density at radius 2 is 1.15 bits per heavy atom. The molecule has 12 nitrogen and oxygen atoms in total. The summed E-state index contributed by atoms with van der Waals surface area (Å²) in [5.74, 6) is -5.00. The van der Waals surface area contributed by atoms with Crippen LogP contribution in [-0.2, 0) is 33.7 Å². The van der Waals surface area contributed by atoms with Gasteiger partial charge < -0.3 is 15.3 Å². The summed E-state index contributed by atoms with van der Waals surface area (Å²) in [5.41, 5.74) is 0. The summed E-state index contributed by atoms with van der Waals surface area (Å²) in [7, 11) is 0. The van der Waals surface area contributed by atoms with Crippen LogP contribution in [0.15, 0.2) is 11.8 Å². The first-order chi connectivity index (χ1) is 12.5. The van der Waals surface area contributed by atoms with Gasteiger partial charge in [-0.15, -0.1) is 0 Å². The molecule has 0 radical (unpaired) electrons. The van der Waals surface area contributed by atoms with Crippen molar-refractivity contribution in [3.63, 3.8) is 0 Å². The highest BCUT2D eigenvalue weighted by Gasteiger charge is 2.19. The number of carboxylic acid groups (broad SMARTS) is 3. The second-order valence-electron chi connectivity index (χ2n) is 5.51. The van der Waals surface area contributed by atoms with Crippen LogP contribution in [-0.4, -0.2) is 94.0 Å². The largest absolute Gasteiger partial charge is 0.480 e. The fourth-order valence-electron chi connectivity index (χ4n) is 1.92. The molecule has 0 rings (SSSR count). The van der Waals surface area contributed by atoms with Crippen molar-refractivity contribution in [3.05, 3.63) is 11.8 Å². The van der Waals surface area contributed by atoms with Crippen molar-refractivity contribution in [2.75, 3.05) is 39.3 Å². The molecule has 0 unspecified atom stereocenters. The lowest BCUT2D eigenvalue weighted by Crippen LogP contribution is -2.43. The van der Waals surface area contributed by atoms with E-state index in [-0.39, 0.29) is 24.6 Å². The molecule has 0 aliphatic rings. The third-order valence-corrected chi connectivity index (χ3v) is 2.83. The number of hydrogen-bond donors (Lipinski definition) is 3. The van der Waals surface area contributed by atoms with E-state index >= 15 is 0 Å². The molecule has 0 aromatic rings. The topological polar surface area (TPSA) is 171 Å². The van der Waals surface area contributed by atoms with E-state index in [2.05, 4.69) is 9.78 Å². The fourth-order valence-corrected chi connectivity index (χ4v) is 1.92. The molecule has 0 amide bonds. The normalized spacial score (nSPS) is 11.3. The number of carboxylic acids is 3. The van der Waals surface area contributed by atoms with Crippen LogP contribution in [0.25, 0.3) is 0 Å². The maximum absolute atomic E-state index is 11.7. The summed E-state index contributed by atoms with van der Waals surface area (Å²) in [6, 6.07) is 0. The number of allylic oxidation sites excluding steroid dienone is 2. The Labute approximate surface area is 154 Å². The van der Waals surface area contributed by atoms with Gasteiger partial charge in [0, 0.05) is 19.2 Å². The van der Waals surface area contributed by atoms with E-state index in [1.54, 1.807) is 0 Å². The van der Waals surface area contributed by atoms with Gasteiger partial charge in [-0.2, -0.15) is 0 Å².